The van der Waals surface area contributed by atoms with Crippen LogP contribution in [0.25, 0.3) is 0 Å². The summed E-state index contributed by atoms with van der Waals surface area (Å²) in [6.07, 6.45) is -1.72. The number of aliphatic carboxylic acids is 2. The summed E-state index contributed by atoms with van der Waals surface area (Å²) >= 11 is 0. The highest BCUT2D eigenvalue weighted by Crippen LogP contribution is 2.22. The number of rotatable bonds is 9. The first-order valence-corrected chi connectivity index (χ1v) is 8.63. The molecule has 0 saturated carbocycles. The number of β-amino-alcohol motifs (C(OH)–C–C–N with tert-alkyl or cyclic N) is 1. The van der Waals surface area contributed by atoms with Gasteiger partial charge in [-0.25, -0.2) is 9.59 Å². The predicted octanol–water partition coefficient (Wildman–Crippen LogP) is -1.32. The Bertz CT molecular complexity index is 708. The smallest absolute Gasteiger partial charge is 0.328 e. The lowest BCUT2D eigenvalue weighted by molar-refractivity contribution is -0.141. The Balaban J connectivity index is 2.09. The van der Waals surface area contributed by atoms with E-state index >= 15 is 0 Å². The number of urea groups is 1. The number of carboxylic acids is 2. The van der Waals surface area contributed by atoms with E-state index < -0.39 is 42.3 Å². The Hall–Kier alpha value is -2.93. The molecule has 156 valence electrons. The molecule has 1 aliphatic rings. The van der Waals surface area contributed by atoms with E-state index in [1.165, 1.54) is 6.92 Å². The molecule has 1 fully saturated rings. The molecule has 2 amide bonds. The van der Waals surface area contributed by atoms with Crippen LogP contribution in [0.2, 0.25) is 0 Å². The molecule has 1 aliphatic heterocycles. The number of nitrogens with one attached hydrogen (secondary N) is 2. The Morgan fingerprint density at radius 2 is 2.04 bits per heavy atom. The van der Waals surface area contributed by atoms with Gasteiger partial charge < -0.3 is 40.5 Å². The molecule has 0 aliphatic carbocycles. The molecule has 28 heavy (non-hydrogen) atoms. The highest BCUT2D eigenvalue weighted by molar-refractivity contribution is 5.83. The molecule has 0 aromatic carbocycles. The van der Waals surface area contributed by atoms with E-state index in [2.05, 4.69) is 20.8 Å². The van der Waals surface area contributed by atoms with Crippen LogP contribution in [0.4, 0.5) is 10.7 Å². The van der Waals surface area contributed by atoms with Crippen molar-refractivity contribution in [2.45, 2.75) is 50.5 Å². The summed E-state index contributed by atoms with van der Waals surface area (Å²) in [6.45, 7) is 2.04. The number of carboxylic acid groups (broad SMARTS) is 2. The second-order valence-electron chi connectivity index (χ2n) is 6.48. The van der Waals surface area contributed by atoms with Gasteiger partial charge in [-0.3, -0.25) is 4.79 Å². The van der Waals surface area contributed by atoms with Crippen LogP contribution in [0.5, 0.6) is 0 Å². The van der Waals surface area contributed by atoms with Crippen molar-refractivity contribution in [2.24, 2.45) is 0 Å². The van der Waals surface area contributed by atoms with Crippen molar-refractivity contribution in [2.75, 3.05) is 18.0 Å². The maximum Gasteiger partial charge on any atom is 0.328 e. The Kier molecular flexibility index (Phi) is 7.12. The first-order chi connectivity index (χ1) is 13.2. The third kappa shape index (κ3) is 5.79. The van der Waals surface area contributed by atoms with Gasteiger partial charge in [-0.15, -0.1) is 0 Å². The lowest BCUT2D eigenvalue weighted by atomic mass is 10.1. The summed E-state index contributed by atoms with van der Waals surface area (Å²) in [5.41, 5.74) is 0. The Morgan fingerprint density at radius 1 is 1.32 bits per heavy atom. The molecule has 1 aromatic heterocycles. The molecular formula is C15H23N5O8. The lowest BCUT2D eigenvalue weighted by Crippen LogP contribution is -2.51. The summed E-state index contributed by atoms with van der Waals surface area (Å²) in [6, 6.07) is -3.49. The van der Waals surface area contributed by atoms with E-state index in [-0.39, 0.29) is 24.7 Å². The quantitative estimate of drug-likeness (QED) is 0.287. The van der Waals surface area contributed by atoms with Gasteiger partial charge in [0.05, 0.1) is 12.2 Å². The van der Waals surface area contributed by atoms with Gasteiger partial charge in [0.2, 0.25) is 0 Å². The van der Waals surface area contributed by atoms with Crippen LogP contribution in [0.1, 0.15) is 38.1 Å². The van der Waals surface area contributed by atoms with Crippen molar-refractivity contribution in [3.05, 3.63) is 5.89 Å². The minimum Gasteiger partial charge on any atom is -0.481 e. The SMILES string of the molecule is C[C@H](O)[C@H](NC(=O)N[C@@H](CCC(=O)O)c1nc(N2CC[C@@H](O)C2)no1)C(=O)O. The molecule has 13 nitrogen and oxygen atoms in total. The predicted molar refractivity (Wildman–Crippen MR) is 91.5 cm³/mol. The van der Waals surface area contributed by atoms with Crippen LogP contribution in [0.3, 0.4) is 0 Å². The van der Waals surface area contributed by atoms with Crippen molar-refractivity contribution < 1.29 is 39.3 Å². The van der Waals surface area contributed by atoms with Gasteiger partial charge in [-0.1, -0.05) is 0 Å². The molecule has 2 heterocycles. The van der Waals surface area contributed by atoms with Crippen LogP contribution in [0, 0.1) is 0 Å². The zero-order valence-corrected chi connectivity index (χ0v) is 15.1. The fraction of sp³-hybridized carbons (Fsp3) is 0.667. The first-order valence-electron chi connectivity index (χ1n) is 8.63. The summed E-state index contributed by atoms with van der Waals surface area (Å²) in [5, 5.41) is 45.2. The third-order valence-electron chi connectivity index (χ3n) is 4.16. The third-order valence-corrected chi connectivity index (χ3v) is 4.16. The van der Waals surface area contributed by atoms with Crippen LogP contribution < -0.4 is 15.5 Å². The summed E-state index contributed by atoms with van der Waals surface area (Å²) in [7, 11) is 0. The lowest BCUT2D eigenvalue weighted by Gasteiger charge is -2.20. The second-order valence-corrected chi connectivity index (χ2v) is 6.48. The van der Waals surface area contributed by atoms with Crippen molar-refractivity contribution in [3.8, 4) is 0 Å². The molecule has 0 unspecified atom stereocenters. The van der Waals surface area contributed by atoms with Gasteiger partial charge in [0, 0.05) is 19.5 Å². The number of carbonyl (C=O) groups excluding carboxylic acids is 1. The van der Waals surface area contributed by atoms with Gasteiger partial charge in [0.1, 0.15) is 6.04 Å². The van der Waals surface area contributed by atoms with Gasteiger partial charge in [-0.2, -0.15) is 4.98 Å². The topological polar surface area (TPSA) is 198 Å². The fourth-order valence-corrected chi connectivity index (χ4v) is 2.68. The fourth-order valence-electron chi connectivity index (χ4n) is 2.68. The second kappa shape index (κ2) is 9.32. The Labute approximate surface area is 159 Å². The summed E-state index contributed by atoms with van der Waals surface area (Å²) < 4.78 is 5.12. The minimum absolute atomic E-state index is 0.0586. The highest BCUT2D eigenvalue weighted by atomic mass is 16.5. The highest BCUT2D eigenvalue weighted by Gasteiger charge is 2.29. The van der Waals surface area contributed by atoms with E-state index in [1.807, 2.05) is 0 Å². The van der Waals surface area contributed by atoms with Crippen molar-refractivity contribution in [3.63, 3.8) is 0 Å². The summed E-state index contributed by atoms with van der Waals surface area (Å²) in [4.78, 5) is 39.9. The van der Waals surface area contributed by atoms with Crippen LogP contribution >= 0.6 is 0 Å². The zero-order valence-electron chi connectivity index (χ0n) is 15.1. The van der Waals surface area contributed by atoms with Crippen molar-refractivity contribution >= 4 is 23.9 Å². The van der Waals surface area contributed by atoms with E-state index in [0.717, 1.165) is 0 Å². The number of carbonyl (C=O) groups is 3. The normalized spacial score (nSPS) is 19.7. The molecule has 0 radical (unpaired) electrons. The standard InChI is InChI=1S/C15H23N5O8/c1-7(21)11(13(25)26)17-15(27)16-9(2-3-10(23)24)12-18-14(19-28-12)20-5-4-8(22)6-20/h7-9,11,21-22H,2-6H2,1H3,(H,23,24)(H,25,26)(H2,16,17,27)/t7-,8+,9-,11-/m0/s1. The summed E-state index contributed by atoms with van der Waals surface area (Å²) in [5.74, 6) is -2.40. The van der Waals surface area contributed by atoms with Gasteiger partial charge in [-0.05, 0) is 24.9 Å². The van der Waals surface area contributed by atoms with E-state index in [9.17, 15) is 24.6 Å². The number of hydrogen-bond acceptors (Lipinski definition) is 9. The number of amides is 2. The maximum atomic E-state index is 12.1. The molecule has 0 bridgehead atoms. The molecule has 2 rings (SSSR count). The van der Waals surface area contributed by atoms with Crippen LogP contribution in [-0.4, -0.2) is 79.9 Å². The van der Waals surface area contributed by atoms with E-state index in [1.54, 1.807) is 4.90 Å². The number of aliphatic hydroxyl groups excluding tert-OH is 2. The van der Waals surface area contributed by atoms with Crippen LogP contribution in [-0.2, 0) is 9.59 Å². The number of aliphatic hydroxyl groups is 2. The van der Waals surface area contributed by atoms with Crippen LogP contribution in [0.15, 0.2) is 4.52 Å². The molecule has 1 saturated heterocycles. The molecule has 0 spiro atoms. The zero-order chi connectivity index (χ0) is 20.8. The van der Waals surface area contributed by atoms with E-state index in [4.69, 9.17) is 14.7 Å². The monoisotopic (exact) mass is 401 g/mol. The molecule has 13 heteroatoms. The van der Waals surface area contributed by atoms with Gasteiger partial charge in [0.15, 0.2) is 6.04 Å². The minimum atomic E-state index is -1.55. The van der Waals surface area contributed by atoms with E-state index in [0.29, 0.717) is 19.5 Å². The van der Waals surface area contributed by atoms with Crippen molar-refractivity contribution in [1.82, 2.24) is 20.8 Å². The van der Waals surface area contributed by atoms with Crippen molar-refractivity contribution in [1.29, 1.82) is 0 Å². The number of aromatic nitrogens is 2. The molecule has 4 atom stereocenters. The first kappa shape index (κ1) is 21.4. The molecular weight excluding hydrogens is 378 g/mol. The average Bonchev–Trinajstić information content (AvgIpc) is 3.24. The van der Waals surface area contributed by atoms with Gasteiger partial charge >= 0.3 is 18.0 Å². The molecule has 1 aromatic rings. The molecule has 6 N–H and O–H groups in total. The Morgan fingerprint density at radius 3 is 2.57 bits per heavy atom. The number of hydrogen-bond donors (Lipinski definition) is 6. The van der Waals surface area contributed by atoms with Gasteiger partial charge in [0.25, 0.3) is 11.8 Å². The average molecular weight is 401 g/mol. The largest absolute Gasteiger partial charge is 0.481 e. The maximum absolute atomic E-state index is 12.1. The number of nitrogens with zero attached hydrogens (tertiary/aromatic N) is 3. The number of anilines is 1.